The van der Waals surface area contributed by atoms with E-state index in [-0.39, 0.29) is 28.2 Å². The topological polar surface area (TPSA) is 156 Å². The third kappa shape index (κ3) is 5.49. The van der Waals surface area contributed by atoms with Crippen LogP contribution in [-0.2, 0) is 6.42 Å². The molecule has 7 N–H and O–H groups in total. The van der Waals surface area contributed by atoms with Gasteiger partial charge in [-0.3, -0.25) is 10.1 Å². The molecule has 3 amide bonds. The number of imide groups is 1. The Kier molecular flexibility index (Phi) is 6.56. The van der Waals surface area contributed by atoms with Gasteiger partial charge in [-0.15, -0.1) is 0 Å². The predicted molar refractivity (Wildman–Crippen MR) is 97.8 cm³/mol. The van der Waals surface area contributed by atoms with Crippen LogP contribution in [-0.4, -0.2) is 33.6 Å². The average Bonchev–Trinajstić information content (AvgIpc) is 2.59. The van der Waals surface area contributed by atoms with Gasteiger partial charge in [-0.2, -0.15) is 0 Å². The van der Waals surface area contributed by atoms with Gasteiger partial charge in [-0.05, 0) is 37.0 Å². The molecule has 0 bridgehead atoms. The molecule has 1 heterocycles. The lowest BCUT2D eigenvalue weighted by Gasteiger charge is -2.08. The Bertz CT molecular complexity index is 797. The number of nitrogen functional groups attached to an aromatic ring is 2. The quantitative estimate of drug-likeness (QED) is 0.476. The van der Waals surface area contributed by atoms with Crippen LogP contribution in [0, 0.1) is 0 Å². The summed E-state index contributed by atoms with van der Waals surface area (Å²) in [5.41, 5.74) is 11.8. The number of nitrogens with one attached hydrogen (secondary N) is 2. The Balaban J connectivity index is 1.72. The van der Waals surface area contributed by atoms with Crippen molar-refractivity contribution in [3.8, 4) is 5.75 Å². The molecule has 9 nitrogen and oxygen atoms in total. The van der Waals surface area contributed by atoms with Crippen LogP contribution >= 0.6 is 11.6 Å². The van der Waals surface area contributed by atoms with Crippen molar-refractivity contribution < 1.29 is 14.7 Å². The SMILES string of the molecule is Nc1nc(N)c(C(=O)NC(=O)NCCCCc2ccc(O)cc2)nc1Cl. The minimum absolute atomic E-state index is 0.0983. The Morgan fingerprint density at radius 2 is 1.77 bits per heavy atom. The van der Waals surface area contributed by atoms with Gasteiger partial charge in [0.1, 0.15) is 5.75 Å². The second kappa shape index (κ2) is 8.86. The summed E-state index contributed by atoms with van der Waals surface area (Å²) >= 11 is 5.70. The highest BCUT2D eigenvalue weighted by Crippen LogP contribution is 2.17. The minimum Gasteiger partial charge on any atom is -0.508 e. The number of nitrogens with two attached hydrogens (primary N) is 2. The summed E-state index contributed by atoms with van der Waals surface area (Å²) in [5.74, 6) is -0.909. The van der Waals surface area contributed by atoms with E-state index in [1.807, 2.05) is 12.1 Å². The lowest BCUT2D eigenvalue weighted by atomic mass is 10.1. The van der Waals surface area contributed by atoms with Crippen LogP contribution in [0.2, 0.25) is 5.15 Å². The molecule has 26 heavy (non-hydrogen) atoms. The normalized spacial score (nSPS) is 10.3. The number of carbonyl (C=O) groups is 2. The van der Waals surface area contributed by atoms with Crippen molar-refractivity contribution in [3.05, 3.63) is 40.7 Å². The number of aromatic nitrogens is 2. The van der Waals surface area contributed by atoms with E-state index in [2.05, 4.69) is 20.6 Å². The number of urea groups is 1. The summed E-state index contributed by atoms with van der Waals surface area (Å²) in [6.45, 7) is 0.390. The number of amides is 3. The van der Waals surface area contributed by atoms with Crippen LogP contribution in [0.3, 0.4) is 0 Å². The maximum atomic E-state index is 12.0. The van der Waals surface area contributed by atoms with Crippen molar-refractivity contribution >= 4 is 35.2 Å². The number of phenolic OH excluding ortho intramolecular Hbond substituents is 1. The molecule has 0 saturated carbocycles. The van der Waals surface area contributed by atoms with Crippen molar-refractivity contribution in [2.45, 2.75) is 19.3 Å². The first-order chi connectivity index (χ1) is 12.4. The van der Waals surface area contributed by atoms with Gasteiger partial charge in [-0.1, -0.05) is 23.7 Å². The third-order valence-electron chi connectivity index (χ3n) is 3.46. The highest BCUT2D eigenvalue weighted by molar-refractivity contribution is 6.31. The number of halogens is 1. The first kappa shape index (κ1) is 19.3. The van der Waals surface area contributed by atoms with E-state index in [0.717, 1.165) is 24.8 Å². The number of unbranched alkanes of at least 4 members (excludes halogenated alkanes) is 1. The number of aryl methyl sites for hydroxylation is 1. The molecule has 2 aromatic rings. The number of hydrogen-bond donors (Lipinski definition) is 5. The first-order valence-electron chi connectivity index (χ1n) is 7.82. The fraction of sp³-hybridized carbons (Fsp3) is 0.250. The van der Waals surface area contributed by atoms with Gasteiger partial charge in [0.2, 0.25) is 0 Å². The molecule has 138 valence electrons. The molecule has 1 aromatic carbocycles. The summed E-state index contributed by atoms with van der Waals surface area (Å²) < 4.78 is 0. The maximum absolute atomic E-state index is 12.0. The molecular weight excluding hydrogens is 360 g/mol. The number of anilines is 2. The monoisotopic (exact) mass is 378 g/mol. The number of aromatic hydroxyl groups is 1. The van der Waals surface area contributed by atoms with Crippen LogP contribution < -0.4 is 22.1 Å². The highest BCUT2D eigenvalue weighted by atomic mass is 35.5. The standard InChI is InChI=1S/C16H19ClN6O3/c17-12-14(19)22-13(18)11(21-12)15(25)23-16(26)20-8-2-1-3-9-4-6-10(24)7-5-9/h4-7,24H,1-3,8H2,(H4,18,19,22)(H2,20,23,25,26). The van der Waals surface area contributed by atoms with E-state index >= 15 is 0 Å². The summed E-state index contributed by atoms with van der Waals surface area (Å²) in [7, 11) is 0. The lowest BCUT2D eigenvalue weighted by molar-refractivity contribution is 0.0960. The van der Waals surface area contributed by atoms with Gasteiger partial charge in [0.05, 0.1) is 0 Å². The zero-order chi connectivity index (χ0) is 19.1. The molecule has 0 aliphatic rings. The van der Waals surface area contributed by atoms with Gasteiger partial charge < -0.3 is 21.9 Å². The van der Waals surface area contributed by atoms with E-state index in [0.29, 0.717) is 6.54 Å². The highest BCUT2D eigenvalue weighted by Gasteiger charge is 2.17. The van der Waals surface area contributed by atoms with Gasteiger partial charge in [0.25, 0.3) is 5.91 Å². The summed E-state index contributed by atoms with van der Waals surface area (Å²) in [5, 5.41) is 13.7. The van der Waals surface area contributed by atoms with Crippen molar-refractivity contribution in [3.63, 3.8) is 0 Å². The summed E-state index contributed by atoms with van der Waals surface area (Å²) in [4.78, 5) is 31.1. The van der Waals surface area contributed by atoms with E-state index in [9.17, 15) is 14.7 Å². The molecule has 1 aromatic heterocycles. The van der Waals surface area contributed by atoms with Crippen LogP contribution in [0.15, 0.2) is 24.3 Å². The smallest absolute Gasteiger partial charge is 0.321 e. The molecule has 10 heteroatoms. The number of benzene rings is 1. The fourth-order valence-electron chi connectivity index (χ4n) is 2.13. The summed E-state index contributed by atoms with van der Waals surface area (Å²) in [6.07, 6.45) is 2.38. The number of nitrogens with zero attached hydrogens (tertiary/aromatic N) is 2. The third-order valence-corrected chi connectivity index (χ3v) is 3.74. The van der Waals surface area contributed by atoms with E-state index in [1.165, 1.54) is 0 Å². The van der Waals surface area contributed by atoms with Crippen LogP contribution in [0.1, 0.15) is 28.9 Å². The average molecular weight is 379 g/mol. The van der Waals surface area contributed by atoms with Crippen LogP contribution in [0.5, 0.6) is 5.75 Å². The van der Waals surface area contributed by atoms with E-state index in [4.69, 9.17) is 23.1 Å². The second-order valence-corrected chi connectivity index (χ2v) is 5.83. The van der Waals surface area contributed by atoms with Crippen molar-refractivity contribution in [1.82, 2.24) is 20.6 Å². The first-order valence-corrected chi connectivity index (χ1v) is 8.20. The van der Waals surface area contributed by atoms with Gasteiger partial charge in [0.15, 0.2) is 22.5 Å². The van der Waals surface area contributed by atoms with E-state index in [1.54, 1.807) is 12.1 Å². The molecule has 0 unspecified atom stereocenters. The molecule has 0 atom stereocenters. The number of phenols is 1. The maximum Gasteiger partial charge on any atom is 0.321 e. The van der Waals surface area contributed by atoms with E-state index < -0.39 is 11.9 Å². The molecule has 0 spiro atoms. The zero-order valence-corrected chi connectivity index (χ0v) is 14.6. The number of carbonyl (C=O) groups excluding carboxylic acids is 2. The second-order valence-electron chi connectivity index (χ2n) is 5.47. The lowest BCUT2D eigenvalue weighted by Crippen LogP contribution is -2.40. The van der Waals surface area contributed by atoms with Gasteiger partial charge >= 0.3 is 6.03 Å². The Morgan fingerprint density at radius 3 is 2.46 bits per heavy atom. The fourth-order valence-corrected chi connectivity index (χ4v) is 2.26. The van der Waals surface area contributed by atoms with Crippen LogP contribution in [0.4, 0.5) is 16.4 Å². The van der Waals surface area contributed by atoms with Gasteiger partial charge in [-0.25, -0.2) is 14.8 Å². The van der Waals surface area contributed by atoms with Crippen LogP contribution in [0.25, 0.3) is 0 Å². The molecule has 0 radical (unpaired) electrons. The Labute approximate surface area is 154 Å². The zero-order valence-electron chi connectivity index (χ0n) is 13.8. The van der Waals surface area contributed by atoms with Crippen molar-refractivity contribution in [2.24, 2.45) is 0 Å². The number of rotatable bonds is 6. The van der Waals surface area contributed by atoms with Gasteiger partial charge in [0, 0.05) is 6.54 Å². The molecule has 0 aliphatic carbocycles. The minimum atomic E-state index is -0.821. The molecule has 0 fully saturated rings. The largest absolute Gasteiger partial charge is 0.508 e. The molecule has 0 aliphatic heterocycles. The van der Waals surface area contributed by atoms with Crippen molar-refractivity contribution in [1.29, 1.82) is 0 Å². The molecule has 0 saturated heterocycles. The molecular formula is C16H19ClN6O3. The number of hydrogen-bond acceptors (Lipinski definition) is 7. The Hall–Kier alpha value is -3.07. The van der Waals surface area contributed by atoms with Crippen molar-refractivity contribution in [2.75, 3.05) is 18.0 Å². The summed E-state index contributed by atoms with van der Waals surface area (Å²) in [6, 6.07) is 6.28. The Morgan fingerprint density at radius 1 is 1.08 bits per heavy atom. The predicted octanol–water partition coefficient (Wildman–Crippen LogP) is 1.46. The molecule has 2 rings (SSSR count).